The van der Waals surface area contributed by atoms with Crippen LogP contribution in [0.5, 0.6) is 5.75 Å². The molecule has 1 aromatic rings. The summed E-state index contributed by atoms with van der Waals surface area (Å²) in [4.78, 5) is 21.1. The largest absolute Gasteiger partial charge is 0.496 e. The van der Waals surface area contributed by atoms with Gasteiger partial charge in [0.25, 0.3) is 0 Å². The lowest BCUT2D eigenvalue weighted by atomic mass is 9.88. The van der Waals surface area contributed by atoms with E-state index in [4.69, 9.17) is 20.1 Å². The first kappa shape index (κ1) is 20.2. The molecule has 0 saturated carbocycles. The molecule has 0 aliphatic heterocycles. The molecule has 0 heterocycles. The van der Waals surface area contributed by atoms with Gasteiger partial charge in [0.15, 0.2) is 6.29 Å². The number of aldehydes is 2. The third kappa shape index (κ3) is 4.91. The van der Waals surface area contributed by atoms with Crippen molar-refractivity contribution in [2.75, 3.05) is 26.9 Å². The molecular weight excluding hydrogens is 288 g/mol. The average molecular weight is 312 g/mol. The summed E-state index contributed by atoms with van der Waals surface area (Å²) in [6.45, 7) is 3.10. The van der Waals surface area contributed by atoms with Crippen LogP contribution in [0.15, 0.2) is 12.1 Å². The van der Waals surface area contributed by atoms with Crippen molar-refractivity contribution < 1.29 is 29.6 Å². The minimum absolute atomic E-state index is 0.156. The second-order valence-corrected chi connectivity index (χ2v) is 4.97. The summed E-state index contributed by atoms with van der Waals surface area (Å²) in [6.07, 6.45) is 2.04. The van der Waals surface area contributed by atoms with Crippen molar-refractivity contribution in [2.45, 2.75) is 20.3 Å². The van der Waals surface area contributed by atoms with Gasteiger partial charge in [-0.05, 0) is 19.4 Å². The van der Waals surface area contributed by atoms with Crippen molar-refractivity contribution in [3.63, 3.8) is 0 Å². The van der Waals surface area contributed by atoms with E-state index in [-0.39, 0.29) is 19.8 Å². The molecule has 0 aliphatic rings. The highest BCUT2D eigenvalue weighted by molar-refractivity contribution is 5.86. The third-order valence-corrected chi connectivity index (χ3v) is 3.69. The summed E-state index contributed by atoms with van der Waals surface area (Å²) >= 11 is 0. The van der Waals surface area contributed by atoms with Gasteiger partial charge in [0.2, 0.25) is 0 Å². The fraction of sp³-hybridized carbons (Fsp3) is 0.500. The number of benzene rings is 1. The van der Waals surface area contributed by atoms with E-state index < -0.39 is 5.41 Å². The number of hydrogen-bond donors (Lipinski definition) is 3. The van der Waals surface area contributed by atoms with Gasteiger partial charge < -0.3 is 20.1 Å². The number of ether oxygens (including phenoxy) is 1. The van der Waals surface area contributed by atoms with Crippen LogP contribution in [-0.4, -0.2) is 54.8 Å². The molecule has 0 fully saturated rings. The molecule has 0 unspecified atom stereocenters. The molecular formula is C16H24O6. The summed E-state index contributed by atoms with van der Waals surface area (Å²) in [5.74, 6) is 0.472. The predicted octanol–water partition coefficient (Wildman–Crippen LogP) is 0.988. The third-order valence-electron chi connectivity index (χ3n) is 3.69. The maximum atomic E-state index is 10.6. The van der Waals surface area contributed by atoms with Crippen LogP contribution in [0.25, 0.3) is 0 Å². The van der Waals surface area contributed by atoms with E-state index in [1.807, 2.05) is 6.92 Å². The fourth-order valence-corrected chi connectivity index (χ4v) is 1.70. The lowest BCUT2D eigenvalue weighted by molar-refractivity contribution is 0.00304. The van der Waals surface area contributed by atoms with Gasteiger partial charge in [0.05, 0.1) is 32.5 Å². The van der Waals surface area contributed by atoms with Crippen LogP contribution in [0.2, 0.25) is 0 Å². The van der Waals surface area contributed by atoms with Crippen LogP contribution >= 0.6 is 0 Å². The van der Waals surface area contributed by atoms with Gasteiger partial charge in [-0.2, -0.15) is 0 Å². The molecule has 0 radical (unpaired) electrons. The first-order valence-corrected chi connectivity index (χ1v) is 6.89. The van der Waals surface area contributed by atoms with Crippen molar-refractivity contribution in [3.05, 3.63) is 28.8 Å². The Balaban J connectivity index is 0.000000433. The Kier molecular flexibility index (Phi) is 9.24. The number of hydrogen-bond acceptors (Lipinski definition) is 6. The monoisotopic (exact) mass is 312 g/mol. The summed E-state index contributed by atoms with van der Waals surface area (Å²) in [5.41, 5.74) is 1.04. The Morgan fingerprint density at radius 1 is 1.05 bits per heavy atom. The number of carbonyl (C=O) groups excluding carboxylic acids is 2. The second kappa shape index (κ2) is 10.0. The van der Waals surface area contributed by atoms with Crippen LogP contribution < -0.4 is 4.74 Å². The fourth-order valence-electron chi connectivity index (χ4n) is 1.70. The quantitative estimate of drug-likeness (QED) is 0.649. The average Bonchev–Trinajstić information content (AvgIpc) is 2.57. The van der Waals surface area contributed by atoms with Gasteiger partial charge in [-0.1, -0.05) is 13.0 Å². The van der Waals surface area contributed by atoms with Gasteiger partial charge in [-0.25, -0.2) is 0 Å². The Hall–Kier alpha value is -1.76. The molecule has 124 valence electrons. The van der Waals surface area contributed by atoms with E-state index in [1.54, 1.807) is 19.1 Å². The van der Waals surface area contributed by atoms with Crippen LogP contribution in [0.3, 0.4) is 0 Å². The minimum Gasteiger partial charge on any atom is -0.496 e. The molecule has 6 nitrogen and oxygen atoms in total. The number of rotatable bonds is 7. The smallest absolute Gasteiger partial charge is 0.153 e. The summed E-state index contributed by atoms with van der Waals surface area (Å²) < 4.78 is 5.02. The lowest BCUT2D eigenvalue weighted by Gasteiger charge is -2.24. The van der Waals surface area contributed by atoms with Crippen LogP contribution in [0.1, 0.15) is 39.6 Å². The van der Waals surface area contributed by atoms with Crippen molar-refractivity contribution >= 4 is 12.6 Å². The molecule has 22 heavy (non-hydrogen) atoms. The number of aliphatic hydroxyl groups is 3. The Morgan fingerprint density at radius 3 is 1.77 bits per heavy atom. The SMILES string of the molecule is CCC(CO)(CO)CO.COc1c(C=O)ccc(C=O)c1C. The van der Waals surface area contributed by atoms with Crippen LogP contribution in [0, 0.1) is 12.3 Å². The molecule has 0 atom stereocenters. The molecule has 1 aromatic carbocycles. The zero-order valence-corrected chi connectivity index (χ0v) is 13.2. The molecule has 0 aliphatic carbocycles. The minimum atomic E-state index is -0.667. The number of aliphatic hydroxyl groups excluding tert-OH is 3. The number of carbonyl (C=O) groups is 2. The zero-order valence-electron chi connectivity index (χ0n) is 13.2. The topological polar surface area (TPSA) is 104 Å². The normalized spacial score (nSPS) is 10.5. The highest BCUT2D eigenvalue weighted by atomic mass is 16.5. The Labute approximate surface area is 130 Å². The highest BCUT2D eigenvalue weighted by Crippen LogP contribution is 2.24. The first-order valence-electron chi connectivity index (χ1n) is 6.89. The lowest BCUT2D eigenvalue weighted by Crippen LogP contribution is -2.32. The molecule has 0 saturated heterocycles. The van der Waals surface area contributed by atoms with Gasteiger partial charge >= 0.3 is 0 Å². The highest BCUT2D eigenvalue weighted by Gasteiger charge is 2.24. The predicted molar refractivity (Wildman–Crippen MR) is 82.5 cm³/mol. The Morgan fingerprint density at radius 2 is 1.50 bits per heavy atom. The molecule has 3 N–H and O–H groups in total. The van der Waals surface area contributed by atoms with Gasteiger partial charge in [-0.15, -0.1) is 0 Å². The van der Waals surface area contributed by atoms with Crippen molar-refractivity contribution in [2.24, 2.45) is 5.41 Å². The maximum absolute atomic E-state index is 10.6. The van der Waals surface area contributed by atoms with Crippen molar-refractivity contribution in [1.82, 2.24) is 0 Å². The van der Waals surface area contributed by atoms with E-state index in [0.29, 0.717) is 35.1 Å². The Bertz CT molecular complexity index is 462. The number of methoxy groups -OCH3 is 1. The van der Waals surface area contributed by atoms with E-state index in [9.17, 15) is 9.59 Å². The molecule has 0 aromatic heterocycles. The molecule has 6 heteroatoms. The molecule has 0 amide bonds. The second-order valence-electron chi connectivity index (χ2n) is 4.97. The van der Waals surface area contributed by atoms with Crippen molar-refractivity contribution in [1.29, 1.82) is 0 Å². The van der Waals surface area contributed by atoms with E-state index in [1.165, 1.54) is 7.11 Å². The summed E-state index contributed by atoms with van der Waals surface area (Å²) in [7, 11) is 1.48. The maximum Gasteiger partial charge on any atom is 0.153 e. The summed E-state index contributed by atoms with van der Waals surface area (Å²) in [6, 6.07) is 3.18. The van der Waals surface area contributed by atoms with E-state index in [0.717, 1.165) is 6.29 Å². The molecule has 0 bridgehead atoms. The molecule has 0 spiro atoms. The zero-order chi connectivity index (χ0) is 17.2. The van der Waals surface area contributed by atoms with Crippen LogP contribution in [-0.2, 0) is 0 Å². The van der Waals surface area contributed by atoms with E-state index >= 15 is 0 Å². The van der Waals surface area contributed by atoms with Crippen molar-refractivity contribution in [3.8, 4) is 5.75 Å². The van der Waals surface area contributed by atoms with Crippen LogP contribution in [0.4, 0.5) is 0 Å². The molecule has 1 rings (SSSR count). The van der Waals surface area contributed by atoms with Gasteiger partial charge in [0, 0.05) is 16.5 Å². The van der Waals surface area contributed by atoms with E-state index in [2.05, 4.69) is 0 Å². The van der Waals surface area contributed by atoms with Gasteiger partial charge in [-0.3, -0.25) is 9.59 Å². The summed E-state index contributed by atoms with van der Waals surface area (Å²) in [5, 5.41) is 26.0. The first-order chi connectivity index (χ1) is 10.5. The standard InChI is InChI=1S/C10H10O3.C6H14O3/c1-7-8(5-11)3-4-9(6-12)10(7)13-2;1-2-6(3-7,4-8)5-9/h3-6H,1-2H3;7-9H,2-5H2,1H3. The van der Waals surface area contributed by atoms with Gasteiger partial charge in [0.1, 0.15) is 12.0 Å².